The number of carbonyl (C=O) groups excluding carboxylic acids is 1. The molecule has 0 rings (SSSR count). The molecule has 8 heteroatoms. The zero-order chi connectivity index (χ0) is 16.7. The molecular formula is C13H26N2O5S. The highest BCUT2D eigenvalue weighted by molar-refractivity contribution is 7.90. The highest BCUT2D eigenvalue weighted by atomic mass is 32.2. The fourth-order valence-electron chi connectivity index (χ4n) is 1.80. The summed E-state index contributed by atoms with van der Waals surface area (Å²) in [6.45, 7) is 6.09. The van der Waals surface area contributed by atoms with E-state index in [9.17, 15) is 18.0 Å². The van der Waals surface area contributed by atoms with E-state index < -0.39 is 27.8 Å². The summed E-state index contributed by atoms with van der Waals surface area (Å²) in [5, 5.41) is 14.1. The highest BCUT2D eigenvalue weighted by Crippen LogP contribution is 2.24. The third kappa shape index (κ3) is 12.2. The SMILES string of the molecule is CC(C)(C)CC(CNC(=O)NCCCS(C)(=O)=O)C(=O)O. The molecule has 3 N–H and O–H groups in total. The van der Waals surface area contributed by atoms with Crippen LogP contribution in [0.3, 0.4) is 0 Å². The van der Waals surface area contributed by atoms with Crippen LogP contribution in [0.1, 0.15) is 33.6 Å². The molecule has 0 fully saturated rings. The normalized spacial score (nSPS) is 13.5. The number of nitrogens with one attached hydrogen (secondary N) is 2. The Labute approximate surface area is 126 Å². The van der Waals surface area contributed by atoms with Crippen LogP contribution >= 0.6 is 0 Å². The Hall–Kier alpha value is -1.31. The van der Waals surface area contributed by atoms with Crippen LogP contribution in [0.4, 0.5) is 4.79 Å². The number of urea groups is 1. The van der Waals surface area contributed by atoms with Gasteiger partial charge in [-0.15, -0.1) is 0 Å². The quantitative estimate of drug-likeness (QED) is 0.574. The van der Waals surface area contributed by atoms with Gasteiger partial charge in [0, 0.05) is 19.3 Å². The molecule has 1 atom stereocenters. The standard InChI is InChI=1S/C13H26N2O5S/c1-13(2,3)8-10(11(16)17)9-15-12(18)14-6-5-7-21(4,19)20/h10H,5-9H2,1-4H3,(H,16,17)(H2,14,15,18). The first kappa shape index (κ1) is 19.7. The molecule has 2 amide bonds. The molecule has 0 radical (unpaired) electrons. The van der Waals surface area contributed by atoms with Crippen molar-refractivity contribution in [2.45, 2.75) is 33.6 Å². The zero-order valence-corrected chi connectivity index (χ0v) is 13.9. The Balaban J connectivity index is 4.06. The van der Waals surface area contributed by atoms with Gasteiger partial charge in [-0.2, -0.15) is 0 Å². The zero-order valence-electron chi connectivity index (χ0n) is 13.1. The molecule has 0 bridgehead atoms. The van der Waals surface area contributed by atoms with Gasteiger partial charge in [-0.25, -0.2) is 13.2 Å². The fourth-order valence-corrected chi connectivity index (χ4v) is 2.47. The number of rotatable bonds is 8. The van der Waals surface area contributed by atoms with Crippen LogP contribution in [-0.4, -0.2) is 50.6 Å². The van der Waals surface area contributed by atoms with Crippen LogP contribution in [-0.2, 0) is 14.6 Å². The minimum Gasteiger partial charge on any atom is -0.481 e. The summed E-state index contributed by atoms with van der Waals surface area (Å²) in [5.41, 5.74) is -0.142. The van der Waals surface area contributed by atoms with Crippen LogP contribution in [0, 0.1) is 11.3 Å². The van der Waals surface area contributed by atoms with Gasteiger partial charge >= 0.3 is 12.0 Å². The minimum absolute atomic E-state index is 0.00898. The number of carboxylic acids is 1. The molecule has 21 heavy (non-hydrogen) atoms. The van der Waals surface area contributed by atoms with Gasteiger partial charge in [-0.1, -0.05) is 20.8 Å². The maximum absolute atomic E-state index is 11.5. The van der Waals surface area contributed by atoms with Gasteiger partial charge in [-0.05, 0) is 18.3 Å². The number of amides is 2. The topological polar surface area (TPSA) is 113 Å². The molecule has 0 heterocycles. The van der Waals surface area contributed by atoms with Crippen LogP contribution in [0.2, 0.25) is 0 Å². The van der Waals surface area contributed by atoms with E-state index in [1.807, 2.05) is 20.8 Å². The average molecular weight is 322 g/mol. The summed E-state index contributed by atoms with van der Waals surface area (Å²) in [6.07, 6.45) is 1.92. The summed E-state index contributed by atoms with van der Waals surface area (Å²) in [7, 11) is -3.03. The van der Waals surface area contributed by atoms with Crippen LogP contribution in [0.5, 0.6) is 0 Å². The van der Waals surface area contributed by atoms with Crippen molar-refractivity contribution in [1.82, 2.24) is 10.6 Å². The van der Waals surface area contributed by atoms with Gasteiger partial charge in [0.05, 0.1) is 11.7 Å². The lowest BCUT2D eigenvalue weighted by molar-refractivity contribution is -0.142. The lowest BCUT2D eigenvalue weighted by atomic mass is 9.84. The number of carboxylic acid groups (broad SMARTS) is 1. The van der Waals surface area contributed by atoms with E-state index in [0.29, 0.717) is 12.8 Å². The summed E-state index contributed by atoms with van der Waals surface area (Å²) in [6, 6.07) is -0.483. The molecule has 0 aliphatic carbocycles. The third-order valence-corrected chi connectivity index (χ3v) is 3.72. The van der Waals surface area contributed by atoms with Crippen molar-refractivity contribution in [3.8, 4) is 0 Å². The Morgan fingerprint density at radius 1 is 1.19 bits per heavy atom. The van der Waals surface area contributed by atoms with E-state index in [1.165, 1.54) is 0 Å². The van der Waals surface area contributed by atoms with E-state index in [4.69, 9.17) is 5.11 Å². The number of carbonyl (C=O) groups is 2. The van der Waals surface area contributed by atoms with E-state index in [-0.39, 0.29) is 24.3 Å². The molecule has 0 aromatic rings. The summed E-state index contributed by atoms with van der Waals surface area (Å²) in [5.74, 6) is -1.58. The van der Waals surface area contributed by atoms with Crippen molar-refractivity contribution in [2.75, 3.05) is 25.1 Å². The molecule has 0 aliphatic heterocycles. The van der Waals surface area contributed by atoms with Crippen molar-refractivity contribution in [3.05, 3.63) is 0 Å². The Morgan fingerprint density at radius 3 is 2.19 bits per heavy atom. The van der Waals surface area contributed by atoms with E-state index >= 15 is 0 Å². The van der Waals surface area contributed by atoms with E-state index in [0.717, 1.165) is 6.26 Å². The maximum atomic E-state index is 11.5. The van der Waals surface area contributed by atoms with Gasteiger partial charge in [0.15, 0.2) is 0 Å². The molecule has 0 saturated carbocycles. The van der Waals surface area contributed by atoms with Crippen LogP contribution < -0.4 is 10.6 Å². The molecule has 7 nitrogen and oxygen atoms in total. The Bertz CT molecular complexity index is 454. The number of hydrogen-bond acceptors (Lipinski definition) is 4. The second-order valence-corrected chi connectivity index (χ2v) is 8.68. The second kappa shape index (κ2) is 8.21. The first-order chi connectivity index (χ1) is 9.41. The monoisotopic (exact) mass is 322 g/mol. The van der Waals surface area contributed by atoms with Gasteiger partial charge in [0.2, 0.25) is 0 Å². The van der Waals surface area contributed by atoms with E-state index in [2.05, 4.69) is 10.6 Å². The van der Waals surface area contributed by atoms with Gasteiger partial charge in [-0.3, -0.25) is 4.79 Å². The predicted molar refractivity (Wildman–Crippen MR) is 80.9 cm³/mol. The molecule has 0 aromatic heterocycles. The summed E-state index contributed by atoms with van der Waals surface area (Å²) >= 11 is 0. The van der Waals surface area contributed by atoms with Crippen molar-refractivity contribution < 1.29 is 23.1 Å². The molecule has 0 spiro atoms. The van der Waals surface area contributed by atoms with E-state index in [1.54, 1.807) is 0 Å². The van der Waals surface area contributed by atoms with Gasteiger partial charge < -0.3 is 15.7 Å². The largest absolute Gasteiger partial charge is 0.481 e. The van der Waals surface area contributed by atoms with Crippen molar-refractivity contribution in [2.24, 2.45) is 11.3 Å². The highest BCUT2D eigenvalue weighted by Gasteiger charge is 2.24. The number of aliphatic carboxylic acids is 1. The number of hydrogen-bond donors (Lipinski definition) is 3. The molecular weight excluding hydrogens is 296 g/mol. The van der Waals surface area contributed by atoms with Gasteiger partial charge in [0.25, 0.3) is 0 Å². The van der Waals surface area contributed by atoms with Crippen molar-refractivity contribution >= 4 is 21.8 Å². The average Bonchev–Trinajstić information content (AvgIpc) is 2.27. The van der Waals surface area contributed by atoms with Crippen molar-refractivity contribution in [3.63, 3.8) is 0 Å². The van der Waals surface area contributed by atoms with Crippen LogP contribution in [0.25, 0.3) is 0 Å². The Kier molecular flexibility index (Phi) is 7.70. The molecule has 0 aromatic carbocycles. The third-order valence-electron chi connectivity index (χ3n) is 2.69. The minimum atomic E-state index is -3.03. The summed E-state index contributed by atoms with van der Waals surface area (Å²) in [4.78, 5) is 22.6. The second-order valence-electron chi connectivity index (χ2n) is 6.42. The first-order valence-electron chi connectivity index (χ1n) is 6.83. The summed E-state index contributed by atoms with van der Waals surface area (Å²) < 4.78 is 21.8. The molecule has 0 saturated heterocycles. The Morgan fingerprint density at radius 2 is 1.76 bits per heavy atom. The molecule has 124 valence electrons. The molecule has 0 aliphatic rings. The lowest BCUT2D eigenvalue weighted by Crippen LogP contribution is -2.41. The fraction of sp³-hybridized carbons (Fsp3) is 0.846. The van der Waals surface area contributed by atoms with Crippen LogP contribution in [0.15, 0.2) is 0 Å². The van der Waals surface area contributed by atoms with Gasteiger partial charge in [0.1, 0.15) is 9.84 Å². The predicted octanol–water partition coefficient (Wildman–Crippen LogP) is 0.857. The van der Waals surface area contributed by atoms with Crippen molar-refractivity contribution in [1.29, 1.82) is 0 Å². The smallest absolute Gasteiger partial charge is 0.314 e. The number of sulfone groups is 1. The molecule has 1 unspecified atom stereocenters. The lowest BCUT2D eigenvalue weighted by Gasteiger charge is -2.23. The first-order valence-corrected chi connectivity index (χ1v) is 8.89. The maximum Gasteiger partial charge on any atom is 0.314 e.